The normalized spacial score (nSPS) is 18.6. The zero-order valence-electron chi connectivity index (χ0n) is 13.6. The number of nitrogens with zero attached hydrogens (tertiary/aromatic N) is 2. The minimum Gasteiger partial charge on any atom is -0.343 e. The quantitative estimate of drug-likeness (QED) is 0.662. The molecule has 2 fully saturated rings. The van der Waals surface area contributed by atoms with Gasteiger partial charge >= 0.3 is 6.03 Å². The maximum absolute atomic E-state index is 11.8. The number of hydrogen-bond donors (Lipinski definition) is 2. The maximum atomic E-state index is 11.8. The average Bonchev–Trinajstić information content (AvgIpc) is 3.20. The van der Waals surface area contributed by atoms with Gasteiger partial charge in [0, 0.05) is 32.6 Å². The number of nitrogens with one attached hydrogen (secondary N) is 2. The summed E-state index contributed by atoms with van der Waals surface area (Å²) in [5, 5.41) is 5.62. The third-order valence-electron chi connectivity index (χ3n) is 4.47. The number of carbonyl (C=O) groups excluding carboxylic acids is 2. The molecule has 0 saturated carbocycles. The van der Waals surface area contributed by atoms with Crippen LogP contribution in [0.5, 0.6) is 0 Å². The lowest BCUT2D eigenvalue weighted by Crippen LogP contribution is -2.38. The van der Waals surface area contributed by atoms with Crippen molar-refractivity contribution in [3.05, 3.63) is 0 Å². The maximum Gasteiger partial charge on any atom is 0.314 e. The molecule has 0 aromatic rings. The van der Waals surface area contributed by atoms with Crippen LogP contribution in [0.1, 0.15) is 44.9 Å². The van der Waals surface area contributed by atoms with Gasteiger partial charge in [-0.3, -0.25) is 4.79 Å². The van der Waals surface area contributed by atoms with Crippen LogP contribution in [-0.2, 0) is 4.79 Å². The highest BCUT2D eigenvalue weighted by molar-refractivity contribution is 5.78. The highest BCUT2D eigenvalue weighted by Crippen LogP contribution is 2.08. The van der Waals surface area contributed by atoms with Crippen molar-refractivity contribution in [2.45, 2.75) is 44.9 Å². The van der Waals surface area contributed by atoms with E-state index in [1.54, 1.807) is 0 Å². The molecular weight excluding hydrogens is 280 g/mol. The lowest BCUT2D eigenvalue weighted by molar-refractivity contribution is -0.129. The summed E-state index contributed by atoms with van der Waals surface area (Å²) in [5.74, 6) is 0.156. The number of likely N-dealkylation sites (tertiary alicyclic amines) is 2. The molecule has 0 aromatic heterocycles. The van der Waals surface area contributed by atoms with Crippen LogP contribution in [0, 0.1) is 0 Å². The Morgan fingerprint density at radius 1 is 0.818 bits per heavy atom. The van der Waals surface area contributed by atoms with Gasteiger partial charge in [-0.2, -0.15) is 0 Å². The van der Waals surface area contributed by atoms with Gasteiger partial charge in [0.15, 0.2) is 0 Å². The fourth-order valence-corrected chi connectivity index (χ4v) is 3.14. The van der Waals surface area contributed by atoms with Gasteiger partial charge in [0.1, 0.15) is 0 Å². The van der Waals surface area contributed by atoms with E-state index < -0.39 is 0 Å². The third kappa shape index (κ3) is 6.22. The number of carbonyl (C=O) groups is 2. The molecule has 0 bridgehead atoms. The highest BCUT2D eigenvalue weighted by Gasteiger charge is 2.17. The molecule has 2 rings (SSSR count). The van der Waals surface area contributed by atoms with E-state index in [1.165, 1.54) is 25.9 Å². The van der Waals surface area contributed by atoms with E-state index in [1.807, 2.05) is 4.90 Å². The van der Waals surface area contributed by atoms with Gasteiger partial charge in [0.2, 0.25) is 5.91 Å². The Morgan fingerprint density at radius 3 is 2.18 bits per heavy atom. The number of unbranched alkanes of at least 4 members (excludes halogenated alkanes) is 1. The first-order valence-corrected chi connectivity index (χ1v) is 8.77. The first kappa shape index (κ1) is 17.1. The smallest absolute Gasteiger partial charge is 0.314 e. The van der Waals surface area contributed by atoms with Gasteiger partial charge < -0.3 is 20.4 Å². The van der Waals surface area contributed by atoms with Crippen molar-refractivity contribution < 1.29 is 9.59 Å². The molecule has 126 valence electrons. The van der Waals surface area contributed by atoms with E-state index in [2.05, 4.69) is 15.5 Å². The number of urea groups is 1. The predicted octanol–water partition coefficient (Wildman–Crippen LogP) is 1.17. The Bertz CT molecular complexity index is 350. The average molecular weight is 310 g/mol. The van der Waals surface area contributed by atoms with Crippen LogP contribution >= 0.6 is 0 Å². The lowest BCUT2D eigenvalue weighted by atomic mass is 10.3. The van der Waals surface area contributed by atoms with Crippen molar-refractivity contribution in [1.29, 1.82) is 0 Å². The fourth-order valence-electron chi connectivity index (χ4n) is 3.14. The SMILES string of the molecule is O=C(NCCCCN1CCCC1)NCCC(=O)N1CCCC1. The van der Waals surface area contributed by atoms with Crippen LogP contribution in [0.15, 0.2) is 0 Å². The van der Waals surface area contributed by atoms with E-state index >= 15 is 0 Å². The molecule has 0 unspecified atom stereocenters. The fraction of sp³-hybridized carbons (Fsp3) is 0.875. The second-order valence-corrected chi connectivity index (χ2v) is 6.28. The number of amides is 3. The van der Waals surface area contributed by atoms with Crippen LogP contribution in [0.2, 0.25) is 0 Å². The molecule has 3 amide bonds. The van der Waals surface area contributed by atoms with Gasteiger partial charge in [-0.25, -0.2) is 4.79 Å². The molecule has 6 nitrogen and oxygen atoms in total. The standard InChI is InChI=1S/C16H30N4O2/c21-15(20-13-5-6-14-20)7-9-18-16(22)17-8-1-2-10-19-11-3-4-12-19/h1-14H2,(H2,17,18,22). The second kappa shape index (κ2) is 9.66. The Balaban J connectivity index is 1.41. The molecule has 22 heavy (non-hydrogen) atoms. The number of rotatable bonds is 8. The van der Waals surface area contributed by atoms with Crippen molar-refractivity contribution in [2.75, 3.05) is 45.8 Å². The summed E-state index contributed by atoms with van der Waals surface area (Å²) in [4.78, 5) is 27.8. The van der Waals surface area contributed by atoms with Gasteiger partial charge in [-0.1, -0.05) is 0 Å². The Morgan fingerprint density at radius 2 is 1.45 bits per heavy atom. The molecule has 2 aliphatic heterocycles. The second-order valence-electron chi connectivity index (χ2n) is 6.28. The van der Waals surface area contributed by atoms with Crippen LogP contribution in [0.3, 0.4) is 0 Å². The largest absolute Gasteiger partial charge is 0.343 e. The van der Waals surface area contributed by atoms with Crippen molar-refractivity contribution in [3.63, 3.8) is 0 Å². The van der Waals surface area contributed by atoms with E-state index in [9.17, 15) is 9.59 Å². The molecule has 2 N–H and O–H groups in total. The minimum absolute atomic E-state index is 0.156. The van der Waals surface area contributed by atoms with E-state index in [0.717, 1.165) is 45.3 Å². The molecule has 0 atom stereocenters. The lowest BCUT2D eigenvalue weighted by Gasteiger charge is -2.15. The van der Waals surface area contributed by atoms with Gasteiger partial charge in [-0.15, -0.1) is 0 Å². The first-order chi connectivity index (χ1) is 10.8. The molecular formula is C16H30N4O2. The summed E-state index contributed by atoms with van der Waals surface area (Å²) >= 11 is 0. The van der Waals surface area contributed by atoms with Crippen molar-refractivity contribution >= 4 is 11.9 Å². The van der Waals surface area contributed by atoms with Crippen LogP contribution in [0.25, 0.3) is 0 Å². The summed E-state index contributed by atoms with van der Waals surface area (Å²) in [6.45, 7) is 6.50. The number of hydrogen-bond acceptors (Lipinski definition) is 3. The van der Waals surface area contributed by atoms with E-state index in [4.69, 9.17) is 0 Å². The molecule has 0 spiro atoms. The van der Waals surface area contributed by atoms with E-state index in [0.29, 0.717) is 19.5 Å². The first-order valence-electron chi connectivity index (χ1n) is 8.77. The van der Waals surface area contributed by atoms with Crippen molar-refractivity contribution in [2.24, 2.45) is 0 Å². The van der Waals surface area contributed by atoms with Crippen LogP contribution in [0.4, 0.5) is 4.79 Å². The van der Waals surface area contributed by atoms with Crippen molar-refractivity contribution in [1.82, 2.24) is 20.4 Å². The summed E-state index contributed by atoms with van der Waals surface area (Å²) in [5.41, 5.74) is 0. The van der Waals surface area contributed by atoms with Crippen LogP contribution < -0.4 is 10.6 Å². The molecule has 0 aliphatic carbocycles. The molecule has 6 heteroatoms. The summed E-state index contributed by atoms with van der Waals surface area (Å²) in [6.07, 6.45) is 7.43. The summed E-state index contributed by atoms with van der Waals surface area (Å²) in [7, 11) is 0. The monoisotopic (exact) mass is 310 g/mol. The van der Waals surface area contributed by atoms with Crippen molar-refractivity contribution in [3.8, 4) is 0 Å². The molecule has 2 aliphatic rings. The molecule has 2 heterocycles. The minimum atomic E-state index is -0.157. The Labute approximate surface area is 133 Å². The molecule has 2 saturated heterocycles. The third-order valence-corrected chi connectivity index (χ3v) is 4.47. The zero-order valence-corrected chi connectivity index (χ0v) is 13.6. The Hall–Kier alpha value is -1.30. The topological polar surface area (TPSA) is 64.7 Å². The predicted molar refractivity (Wildman–Crippen MR) is 86.7 cm³/mol. The summed E-state index contributed by atoms with van der Waals surface area (Å²) in [6, 6.07) is -0.157. The Kier molecular flexibility index (Phi) is 7.49. The van der Waals surface area contributed by atoms with Crippen LogP contribution in [-0.4, -0.2) is 67.6 Å². The van der Waals surface area contributed by atoms with E-state index in [-0.39, 0.29) is 11.9 Å². The summed E-state index contributed by atoms with van der Waals surface area (Å²) < 4.78 is 0. The molecule has 0 aromatic carbocycles. The van der Waals surface area contributed by atoms with Gasteiger partial charge in [-0.05, 0) is 58.2 Å². The highest BCUT2D eigenvalue weighted by atomic mass is 16.2. The zero-order chi connectivity index (χ0) is 15.6. The molecule has 0 radical (unpaired) electrons. The van der Waals surface area contributed by atoms with Gasteiger partial charge in [0.25, 0.3) is 0 Å². The van der Waals surface area contributed by atoms with Gasteiger partial charge in [0.05, 0.1) is 0 Å².